The highest BCUT2D eigenvalue weighted by Crippen LogP contribution is 2.37. The van der Waals surface area contributed by atoms with Crippen molar-refractivity contribution in [3.8, 4) is 22.9 Å². The number of aromatic nitrogens is 2. The van der Waals surface area contributed by atoms with Crippen LogP contribution in [0.15, 0.2) is 52.1 Å². The van der Waals surface area contributed by atoms with Gasteiger partial charge in [0.2, 0.25) is 0 Å². The molecule has 8 nitrogen and oxygen atoms in total. The molecule has 0 radical (unpaired) electrons. The van der Waals surface area contributed by atoms with E-state index in [4.69, 9.17) is 21.1 Å². The number of nitrogens with zero attached hydrogens (tertiary/aromatic N) is 1. The predicted octanol–water partition coefficient (Wildman–Crippen LogP) is 3.68. The number of H-pyrrole nitrogens is 1. The van der Waals surface area contributed by atoms with Crippen molar-refractivity contribution in [3.05, 3.63) is 79.8 Å². The third-order valence-electron chi connectivity index (χ3n) is 4.12. The molecule has 0 atom stereocenters. The van der Waals surface area contributed by atoms with Crippen LogP contribution in [0.25, 0.3) is 5.69 Å². The maximum absolute atomic E-state index is 14.5. The Morgan fingerprint density at radius 1 is 1.09 bits per heavy atom. The smallest absolute Gasteiger partial charge is 0.431 e. The molecule has 0 saturated heterocycles. The molecule has 0 unspecified atom stereocenters. The minimum atomic E-state index is -4.99. The summed E-state index contributed by atoms with van der Waals surface area (Å²) in [4.78, 5) is 37.1. The summed E-state index contributed by atoms with van der Waals surface area (Å²) >= 11 is 6.00. The lowest BCUT2D eigenvalue weighted by Crippen LogP contribution is -2.36. The Balaban J connectivity index is 2.04. The van der Waals surface area contributed by atoms with Gasteiger partial charge in [0.25, 0.3) is 5.56 Å². The first kappa shape index (κ1) is 23.9. The Hall–Kier alpha value is -3.80. The molecule has 0 bridgehead atoms. The fourth-order valence-electron chi connectivity index (χ4n) is 2.61. The van der Waals surface area contributed by atoms with Crippen molar-refractivity contribution in [3.63, 3.8) is 0 Å². The van der Waals surface area contributed by atoms with E-state index in [-0.39, 0.29) is 32.9 Å². The standard InChI is InChI=1S/C20H13ClF4N2O6/c1-31-18(29)9-32-13-4-2-3-5-14(13)33-15-7-12(11(22)6-10(15)21)27-17(28)8-16(20(23,24)25)26-19(27)30/h2-8H,9H2,1H3,(H,26,30). The molecular weight excluding hydrogens is 476 g/mol. The molecule has 0 aliphatic rings. The summed E-state index contributed by atoms with van der Waals surface area (Å²) in [5.74, 6) is -2.00. The van der Waals surface area contributed by atoms with Crippen molar-refractivity contribution in [2.75, 3.05) is 13.7 Å². The number of hydrogen-bond donors (Lipinski definition) is 1. The van der Waals surface area contributed by atoms with Crippen molar-refractivity contribution >= 4 is 17.6 Å². The second-order valence-electron chi connectivity index (χ2n) is 6.31. The van der Waals surface area contributed by atoms with Crippen molar-refractivity contribution in [1.82, 2.24) is 9.55 Å². The topological polar surface area (TPSA) is 99.6 Å². The zero-order valence-corrected chi connectivity index (χ0v) is 17.3. The van der Waals surface area contributed by atoms with E-state index >= 15 is 0 Å². The van der Waals surface area contributed by atoms with Gasteiger partial charge in [-0.3, -0.25) is 4.79 Å². The van der Waals surface area contributed by atoms with Gasteiger partial charge in [0.15, 0.2) is 18.1 Å². The second-order valence-corrected chi connectivity index (χ2v) is 6.71. The lowest BCUT2D eigenvalue weighted by atomic mass is 10.2. The SMILES string of the molecule is COC(=O)COc1ccccc1Oc1cc(-n2c(=O)cc(C(F)(F)F)[nH]c2=O)c(F)cc1Cl. The monoisotopic (exact) mass is 488 g/mol. The minimum absolute atomic E-state index is 0.0227. The van der Waals surface area contributed by atoms with Crippen LogP contribution in [0.3, 0.4) is 0 Å². The lowest BCUT2D eigenvalue weighted by Gasteiger charge is -2.15. The zero-order valence-electron chi connectivity index (χ0n) is 16.5. The molecule has 2 aromatic carbocycles. The normalized spacial score (nSPS) is 11.2. The number of halogens is 5. The summed E-state index contributed by atoms with van der Waals surface area (Å²) in [5, 5.41) is -0.282. The van der Waals surface area contributed by atoms with Gasteiger partial charge in [0.1, 0.15) is 17.3 Å². The molecule has 1 heterocycles. The average molecular weight is 489 g/mol. The number of alkyl halides is 3. The van der Waals surface area contributed by atoms with E-state index in [9.17, 15) is 31.9 Å². The number of rotatable bonds is 6. The number of para-hydroxylation sites is 2. The van der Waals surface area contributed by atoms with Crippen molar-refractivity contribution < 1.29 is 36.6 Å². The second kappa shape index (κ2) is 9.36. The van der Waals surface area contributed by atoms with Gasteiger partial charge in [-0.25, -0.2) is 18.5 Å². The van der Waals surface area contributed by atoms with Gasteiger partial charge in [-0.1, -0.05) is 23.7 Å². The van der Waals surface area contributed by atoms with E-state index in [1.807, 2.05) is 0 Å². The van der Waals surface area contributed by atoms with Crippen LogP contribution in [0.4, 0.5) is 17.6 Å². The number of esters is 1. The van der Waals surface area contributed by atoms with Gasteiger partial charge < -0.3 is 19.2 Å². The van der Waals surface area contributed by atoms with Gasteiger partial charge in [-0.05, 0) is 18.2 Å². The number of methoxy groups -OCH3 is 1. The predicted molar refractivity (Wildman–Crippen MR) is 107 cm³/mol. The fraction of sp³-hybridized carbons (Fsp3) is 0.150. The van der Waals surface area contributed by atoms with Crippen LogP contribution in [-0.2, 0) is 15.7 Å². The summed E-state index contributed by atoms with van der Waals surface area (Å²) < 4.78 is 68.5. The van der Waals surface area contributed by atoms with Crippen LogP contribution in [0, 0.1) is 5.82 Å². The molecule has 0 fully saturated rings. The third kappa shape index (κ3) is 5.34. The van der Waals surface area contributed by atoms with Crippen LogP contribution in [0.2, 0.25) is 5.02 Å². The van der Waals surface area contributed by atoms with Gasteiger partial charge in [-0.15, -0.1) is 0 Å². The van der Waals surface area contributed by atoms with Crippen LogP contribution in [0.5, 0.6) is 17.2 Å². The van der Waals surface area contributed by atoms with E-state index in [1.165, 1.54) is 24.2 Å². The van der Waals surface area contributed by atoms with Crippen LogP contribution >= 0.6 is 11.6 Å². The lowest BCUT2D eigenvalue weighted by molar-refractivity contribution is -0.143. The Morgan fingerprint density at radius 2 is 1.76 bits per heavy atom. The highest BCUT2D eigenvalue weighted by atomic mass is 35.5. The number of hydrogen-bond acceptors (Lipinski definition) is 6. The molecule has 0 aliphatic heterocycles. The van der Waals surface area contributed by atoms with Gasteiger partial charge in [0.05, 0.1) is 17.8 Å². The van der Waals surface area contributed by atoms with Crippen LogP contribution < -0.4 is 20.7 Å². The molecule has 1 N–H and O–H groups in total. The maximum Gasteiger partial charge on any atom is 0.431 e. The van der Waals surface area contributed by atoms with E-state index in [0.29, 0.717) is 6.07 Å². The highest BCUT2D eigenvalue weighted by molar-refractivity contribution is 6.32. The highest BCUT2D eigenvalue weighted by Gasteiger charge is 2.33. The fourth-order valence-corrected chi connectivity index (χ4v) is 2.80. The summed E-state index contributed by atoms with van der Waals surface area (Å²) in [5.41, 5.74) is -5.25. The Labute approximate surface area is 186 Å². The number of ether oxygens (including phenoxy) is 3. The average Bonchev–Trinajstić information content (AvgIpc) is 2.74. The summed E-state index contributed by atoms with van der Waals surface area (Å²) in [7, 11) is 1.17. The molecule has 174 valence electrons. The number of carbonyl (C=O) groups excluding carboxylic acids is 1. The van der Waals surface area contributed by atoms with E-state index in [2.05, 4.69) is 4.74 Å². The van der Waals surface area contributed by atoms with Crippen molar-refractivity contribution in [2.45, 2.75) is 6.18 Å². The van der Waals surface area contributed by atoms with Gasteiger partial charge >= 0.3 is 17.8 Å². The first-order chi connectivity index (χ1) is 15.5. The number of nitrogens with one attached hydrogen (secondary N) is 1. The van der Waals surface area contributed by atoms with Crippen LogP contribution in [0.1, 0.15) is 5.69 Å². The third-order valence-corrected chi connectivity index (χ3v) is 4.42. The molecule has 3 rings (SSSR count). The number of aromatic amines is 1. The van der Waals surface area contributed by atoms with Crippen molar-refractivity contribution in [2.24, 2.45) is 0 Å². The molecular formula is C20H13ClF4N2O6. The quantitative estimate of drug-likeness (QED) is 0.420. The molecule has 3 aromatic rings. The van der Waals surface area contributed by atoms with Gasteiger partial charge in [0, 0.05) is 12.1 Å². The molecule has 0 saturated carbocycles. The molecule has 13 heteroatoms. The molecule has 1 aromatic heterocycles. The van der Waals surface area contributed by atoms with Gasteiger partial charge in [-0.2, -0.15) is 13.2 Å². The molecule has 0 amide bonds. The summed E-state index contributed by atoms with van der Waals surface area (Å²) in [6.07, 6.45) is -4.99. The van der Waals surface area contributed by atoms with Crippen LogP contribution in [-0.4, -0.2) is 29.2 Å². The zero-order chi connectivity index (χ0) is 24.3. The first-order valence-electron chi connectivity index (χ1n) is 8.90. The van der Waals surface area contributed by atoms with E-state index in [1.54, 1.807) is 12.1 Å². The Morgan fingerprint density at radius 3 is 2.36 bits per heavy atom. The minimum Gasteiger partial charge on any atom is -0.478 e. The molecule has 0 spiro atoms. The first-order valence-corrected chi connectivity index (χ1v) is 9.28. The maximum atomic E-state index is 14.5. The van der Waals surface area contributed by atoms with E-state index < -0.39 is 47.2 Å². The Kier molecular flexibility index (Phi) is 6.77. The largest absolute Gasteiger partial charge is 0.478 e. The summed E-state index contributed by atoms with van der Waals surface area (Å²) in [6.45, 7) is -0.449. The number of benzene rings is 2. The molecule has 0 aliphatic carbocycles. The van der Waals surface area contributed by atoms with Crippen molar-refractivity contribution in [1.29, 1.82) is 0 Å². The van der Waals surface area contributed by atoms with E-state index in [0.717, 1.165) is 6.07 Å². The summed E-state index contributed by atoms with van der Waals surface area (Å²) in [6, 6.07) is 7.67. The Bertz CT molecular complexity index is 1290. The molecule has 33 heavy (non-hydrogen) atoms. The number of carbonyl (C=O) groups is 1.